The lowest BCUT2D eigenvalue weighted by Gasteiger charge is -2.29. The van der Waals surface area contributed by atoms with Gasteiger partial charge in [-0.15, -0.1) is 0 Å². The highest BCUT2D eigenvalue weighted by molar-refractivity contribution is 5.58. The first kappa shape index (κ1) is 14.5. The highest BCUT2D eigenvalue weighted by atomic mass is 19.4. The van der Waals surface area contributed by atoms with E-state index >= 15 is 0 Å². The number of nitrogens with one attached hydrogen (secondary N) is 1. The molecule has 1 aromatic rings. The van der Waals surface area contributed by atoms with Gasteiger partial charge >= 0.3 is 6.18 Å². The van der Waals surface area contributed by atoms with Crippen LogP contribution in [0.2, 0.25) is 0 Å². The van der Waals surface area contributed by atoms with Crippen molar-refractivity contribution in [3.8, 4) is 0 Å². The molecule has 3 rings (SSSR count). The van der Waals surface area contributed by atoms with E-state index in [9.17, 15) is 13.2 Å². The summed E-state index contributed by atoms with van der Waals surface area (Å²) in [5.74, 6) is 2.16. The minimum Gasteiger partial charge on any atom is -0.398 e. The fourth-order valence-corrected chi connectivity index (χ4v) is 4.17. The molecule has 2 nitrogen and oxygen atoms in total. The third-order valence-corrected chi connectivity index (χ3v) is 5.19. The van der Waals surface area contributed by atoms with Gasteiger partial charge in [0.25, 0.3) is 0 Å². The van der Waals surface area contributed by atoms with Crippen molar-refractivity contribution in [2.45, 2.75) is 44.8 Å². The molecule has 0 radical (unpaired) electrons. The van der Waals surface area contributed by atoms with Crippen molar-refractivity contribution >= 4 is 11.4 Å². The van der Waals surface area contributed by atoms with Crippen LogP contribution < -0.4 is 11.1 Å². The summed E-state index contributed by atoms with van der Waals surface area (Å²) in [4.78, 5) is 0. The van der Waals surface area contributed by atoms with Crippen molar-refractivity contribution in [3.05, 3.63) is 23.8 Å². The molecule has 0 heterocycles. The minimum atomic E-state index is -4.41. The summed E-state index contributed by atoms with van der Waals surface area (Å²) in [6.45, 7) is 2.08. The maximum absolute atomic E-state index is 12.9. The van der Waals surface area contributed by atoms with Gasteiger partial charge in [0.1, 0.15) is 0 Å². The van der Waals surface area contributed by atoms with E-state index in [1.54, 1.807) is 6.07 Å². The van der Waals surface area contributed by atoms with E-state index in [0.29, 0.717) is 11.6 Å². The molecule has 3 N–H and O–H groups in total. The standard InChI is InChI=1S/C16H21F3N2/c1-9(13-7-10-2-3-11(13)6-10)21-12-4-5-15(20)14(8-12)16(17,18)19/h4-5,8-11,13,21H,2-3,6-7,20H2,1H3. The number of fused-ring (bicyclic) bond motifs is 2. The van der Waals surface area contributed by atoms with Crippen molar-refractivity contribution in [1.29, 1.82) is 0 Å². The molecular weight excluding hydrogens is 277 g/mol. The Bertz CT molecular complexity index is 527. The lowest BCUT2D eigenvalue weighted by molar-refractivity contribution is -0.136. The smallest absolute Gasteiger partial charge is 0.398 e. The Balaban J connectivity index is 1.73. The van der Waals surface area contributed by atoms with E-state index in [4.69, 9.17) is 5.73 Å². The lowest BCUT2D eigenvalue weighted by Crippen LogP contribution is -2.30. The van der Waals surface area contributed by atoms with Gasteiger partial charge in [0.05, 0.1) is 5.56 Å². The minimum absolute atomic E-state index is 0.199. The van der Waals surface area contributed by atoms with Crippen LogP contribution in [-0.4, -0.2) is 6.04 Å². The van der Waals surface area contributed by atoms with Crippen molar-refractivity contribution < 1.29 is 13.2 Å². The van der Waals surface area contributed by atoms with E-state index in [2.05, 4.69) is 12.2 Å². The Hall–Kier alpha value is -1.39. The van der Waals surface area contributed by atoms with Crippen LogP contribution in [-0.2, 0) is 6.18 Å². The third kappa shape index (κ3) is 2.83. The van der Waals surface area contributed by atoms with Gasteiger partial charge in [0.2, 0.25) is 0 Å². The van der Waals surface area contributed by atoms with Crippen molar-refractivity contribution in [2.75, 3.05) is 11.1 Å². The first-order chi connectivity index (χ1) is 9.84. The van der Waals surface area contributed by atoms with Crippen LogP contribution in [0.4, 0.5) is 24.5 Å². The molecule has 116 valence electrons. The van der Waals surface area contributed by atoms with Crippen LogP contribution in [0, 0.1) is 17.8 Å². The normalized spacial score (nSPS) is 29.6. The number of benzene rings is 1. The average molecular weight is 298 g/mol. The predicted molar refractivity (Wildman–Crippen MR) is 77.9 cm³/mol. The van der Waals surface area contributed by atoms with Gasteiger partial charge in [-0.05, 0) is 62.1 Å². The maximum atomic E-state index is 12.9. The van der Waals surface area contributed by atoms with Crippen LogP contribution in [0.5, 0.6) is 0 Å². The molecule has 0 saturated heterocycles. The second-order valence-electron chi connectivity index (χ2n) is 6.57. The SMILES string of the molecule is CC(Nc1ccc(N)c(C(F)(F)F)c1)C1CC2CCC1C2. The number of anilines is 2. The number of hydrogen-bond donors (Lipinski definition) is 2. The van der Waals surface area contributed by atoms with Gasteiger partial charge in [-0.25, -0.2) is 0 Å². The summed E-state index contributed by atoms with van der Waals surface area (Å²) < 4.78 is 38.6. The van der Waals surface area contributed by atoms with Crippen LogP contribution >= 0.6 is 0 Å². The zero-order chi connectivity index (χ0) is 15.2. The topological polar surface area (TPSA) is 38.0 Å². The first-order valence-electron chi connectivity index (χ1n) is 7.58. The second-order valence-corrected chi connectivity index (χ2v) is 6.57. The molecule has 0 aromatic heterocycles. The van der Waals surface area contributed by atoms with Crippen LogP contribution in [0.15, 0.2) is 18.2 Å². The van der Waals surface area contributed by atoms with E-state index in [1.165, 1.54) is 31.7 Å². The maximum Gasteiger partial charge on any atom is 0.418 e. The second kappa shape index (κ2) is 5.11. The third-order valence-electron chi connectivity index (χ3n) is 5.19. The van der Waals surface area contributed by atoms with Crippen LogP contribution in [0.25, 0.3) is 0 Å². The molecule has 2 fully saturated rings. The highest BCUT2D eigenvalue weighted by Crippen LogP contribution is 2.50. The lowest BCUT2D eigenvalue weighted by atomic mass is 9.84. The molecule has 5 heteroatoms. The van der Waals surface area contributed by atoms with E-state index in [0.717, 1.165) is 17.9 Å². The Morgan fingerprint density at radius 3 is 2.57 bits per heavy atom. The number of hydrogen-bond acceptors (Lipinski definition) is 2. The van der Waals surface area contributed by atoms with E-state index < -0.39 is 11.7 Å². The summed E-state index contributed by atoms with van der Waals surface area (Å²) >= 11 is 0. The first-order valence-corrected chi connectivity index (χ1v) is 7.58. The molecule has 0 amide bonds. The van der Waals surface area contributed by atoms with Gasteiger partial charge < -0.3 is 11.1 Å². The van der Waals surface area contributed by atoms with Gasteiger partial charge in [-0.1, -0.05) is 6.42 Å². The number of rotatable bonds is 3. The largest absolute Gasteiger partial charge is 0.418 e. The number of nitrogen functional groups attached to an aromatic ring is 1. The van der Waals surface area contributed by atoms with Crippen molar-refractivity contribution in [2.24, 2.45) is 17.8 Å². The molecular formula is C16H21F3N2. The van der Waals surface area contributed by atoms with Crippen molar-refractivity contribution in [3.63, 3.8) is 0 Å². The zero-order valence-corrected chi connectivity index (χ0v) is 12.1. The summed E-state index contributed by atoms with van der Waals surface area (Å²) in [7, 11) is 0. The fourth-order valence-electron chi connectivity index (χ4n) is 4.17. The molecule has 4 unspecified atom stereocenters. The Morgan fingerprint density at radius 1 is 1.24 bits per heavy atom. The average Bonchev–Trinajstić information content (AvgIpc) is 3.02. The Labute approximate surface area is 122 Å². The molecule has 0 aliphatic heterocycles. The van der Waals surface area contributed by atoms with Gasteiger partial charge in [0, 0.05) is 17.4 Å². The molecule has 21 heavy (non-hydrogen) atoms. The van der Waals surface area contributed by atoms with Crippen LogP contribution in [0.3, 0.4) is 0 Å². The molecule has 2 aliphatic carbocycles. The van der Waals surface area contributed by atoms with E-state index in [-0.39, 0.29) is 11.7 Å². The number of alkyl halides is 3. The van der Waals surface area contributed by atoms with Gasteiger partial charge in [-0.2, -0.15) is 13.2 Å². The molecule has 1 aromatic carbocycles. The zero-order valence-electron chi connectivity index (χ0n) is 12.1. The molecule has 2 aliphatic rings. The predicted octanol–water partition coefficient (Wildman–Crippen LogP) is 4.52. The Kier molecular flexibility index (Phi) is 3.54. The van der Waals surface area contributed by atoms with E-state index in [1.807, 2.05) is 0 Å². The van der Waals surface area contributed by atoms with Gasteiger partial charge in [-0.3, -0.25) is 0 Å². The van der Waals surface area contributed by atoms with Crippen LogP contribution in [0.1, 0.15) is 38.2 Å². The molecule has 4 atom stereocenters. The number of halogens is 3. The summed E-state index contributed by atoms with van der Waals surface area (Å²) in [5, 5.41) is 3.25. The molecule has 2 bridgehead atoms. The Morgan fingerprint density at radius 2 is 2.00 bits per heavy atom. The summed E-state index contributed by atoms with van der Waals surface area (Å²) in [6, 6.07) is 4.29. The van der Waals surface area contributed by atoms with Gasteiger partial charge in [0.15, 0.2) is 0 Å². The fraction of sp³-hybridized carbons (Fsp3) is 0.625. The molecule has 0 spiro atoms. The summed E-state index contributed by atoms with van der Waals surface area (Å²) in [5.41, 5.74) is 4.96. The van der Waals surface area contributed by atoms with Crippen molar-refractivity contribution in [1.82, 2.24) is 0 Å². The molecule has 2 saturated carbocycles. The number of nitrogens with two attached hydrogens (primary N) is 1. The quantitative estimate of drug-likeness (QED) is 0.805. The summed E-state index contributed by atoms with van der Waals surface area (Å²) in [6.07, 6.45) is 0.703. The monoisotopic (exact) mass is 298 g/mol. The highest BCUT2D eigenvalue weighted by Gasteiger charge is 2.42.